The summed E-state index contributed by atoms with van der Waals surface area (Å²) in [6.45, 7) is 2.01. The van der Waals surface area contributed by atoms with Crippen molar-refractivity contribution in [2.75, 3.05) is 19.8 Å². The molecule has 0 saturated heterocycles. The molecule has 11 nitrogen and oxygen atoms in total. The summed E-state index contributed by atoms with van der Waals surface area (Å²) in [6, 6.07) is 1.23. The van der Waals surface area contributed by atoms with Crippen molar-refractivity contribution in [1.29, 1.82) is 0 Å². The lowest BCUT2D eigenvalue weighted by Crippen LogP contribution is -2.09. The average molecular weight is 301 g/mol. The van der Waals surface area contributed by atoms with Crippen LogP contribution in [0, 0.1) is 30.3 Å². The molecule has 0 heterocycles. The highest BCUT2D eigenvalue weighted by Crippen LogP contribution is 2.40. The Morgan fingerprint density at radius 2 is 1.48 bits per heavy atom. The fraction of sp³-hybridized carbons (Fsp3) is 0.400. The van der Waals surface area contributed by atoms with Gasteiger partial charge in [-0.25, -0.2) is 0 Å². The molecule has 21 heavy (non-hydrogen) atoms. The van der Waals surface area contributed by atoms with Crippen LogP contribution in [0.2, 0.25) is 0 Å². The summed E-state index contributed by atoms with van der Waals surface area (Å²) in [6.07, 6.45) is 0. The Kier molecular flexibility index (Phi) is 5.48. The third kappa shape index (κ3) is 4.07. The van der Waals surface area contributed by atoms with Gasteiger partial charge in [0.1, 0.15) is 6.61 Å². The summed E-state index contributed by atoms with van der Waals surface area (Å²) in [5, 5.41) is 32.5. The van der Waals surface area contributed by atoms with Crippen LogP contribution in [0.25, 0.3) is 0 Å². The maximum absolute atomic E-state index is 10.9. The van der Waals surface area contributed by atoms with Crippen LogP contribution in [-0.4, -0.2) is 34.6 Å². The fourth-order valence-electron chi connectivity index (χ4n) is 1.46. The molecule has 0 amide bonds. The van der Waals surface area contributed by atoms with Crippen LogP contribution >= 0.6 is 0 Å². The maximum atomic E-state index is 10.9. The zero-order valence-electron chi connectivity index (χ0n) is 10.9. The number of rotatable bonds is 8. The van der Waals surface area contributed by atoms with Gasteiger partial charge in [0.15, 0.2) is 0 Å². The lowest BCUT2D eigenvalue weighted by Gasteiger charge is -2.07. The summed E-state index contributed by atoms with van der Waals surface area (Å²) in [7, 11) is 0. The van der Waals surface area contributed by atoms with Crippen molar-refractivity contribution in [1.82, 2.24) is 0 Å². The van der Waals surface area contributed by atoms with Crippen molar-refractivity contribution in [2.45, 2.75) is 6.92 Å². The van der Waals surface area contributed by atoms with Crippen molar-refractivity contribution in [3.8, 4) is 5.75 Å². The first-order valence-corrected chi connectivity index (χ1v) is 5.70. The molecule has 0 N–H and O–H groups in total. The molecule has 0 aliphatic rings. The van der Waals surface area contributed by atoms with Gasteiger partial charge in [0, 0.05) is 6.61 Å². The number of hydrogen-bond donors (Lipinski definition) is 0. The highest BCUT2D eigenvalue weighted by atomic mass is 16.6. The molecule has 1 aromatic carbocycles. The van der Waals surface area contributed by atoms with E-state index in [9.17, 15) is 30.3 Å². The second kappa shape index (κ2) is 7.09. The average Bonchev–Trinajstić information content (AvgIpc) is 2.42. The van der Waals surface area contributed by atoms with Gasteiger partial charge in [-0.1, -0.05) is 0 Å². The summed E-state index contributed by atoms with van der Waals surface area (Å²) in [5.41, 5.74) is -2.44. The van der Waals surface area contributed by atoms with Crippen LogP contribution in [0.15, 0.2) is 12.1 Å². The molecule has 0 radical (unpaired) electrons. The molecule has 1 aromatic rings. The predicted molar refractivity (Wildman–Crippen MR) is 68.4 cm³/mol. The summed E-state index contributed by atoms with van der Waals surface area (Å²) < 4.78 is 9.94. The Hall–Kier alpha value is -2.82. The Bertz CT molecular complexity index is 538. The molecule has 1 rings (SSSR count). The topological polar surface area (TPSA) is 148 Å². The number of ether oxygens (including phenoxy) is 2. The van der Waals surface area contributed by atoms with Crippen LogP contribution in [0.4, 0.5) is 17.1 Å². The number of nitrogens with zero attached hydrogens (tertiary/aromatic N) is 3. The molecule has 11 heteroatoms. The van der Waals surface area contributed by atoms with Crippen LogP contribution < -0.4 is 4.74 Å². The van der Waals surface area contributed by atoms with Crippen LogP contribution in [0.1, 0.15) is 6.92 Å². The Morgan fingerprint density at radius 3 is 1.86 bits per heavy atom. The minimum Gasteiger partial charge on any atom is -0.480 e. The second-order valence-electron chi connectivity index (χ2n) is 3.63. The Balaban J connectivity index is 3.26. The van der Waals surface area contributed by atoms with E-state index < -0.39 is 37.6 Å². The number of nitro groups is 3. The normalized spacial score (nSPS) is 10.1. The molecule has 0 fully saturated rings. The number of benzene rings is 1. The van der Waals surface area contributed by atoms with Crippen molar-refractivity contribution in [3.63, 3.8) is 0 Å². The van der Waals surface area contributed by atoms with E-state index >= 15 is 0 Å². The van der Waals surface area contributed by atoms with E-state index in [1.165, 1.54) is 0 Å². The zero-order valence-corrected chi connectivity index (χ0v) is 10.9. The van der Waals surface area contributed by atoms with E-state index in [0.717, 1.165) is 0 Å². The SMILES string of the molecule is CCOCCOc1c([N+](=O)[O-])cc([N+](=O)[O-])cc1[N+](=O)[O-]. The molecule has 0 spiro atoms. The molecular weight excluding hydrogens is 290 g/mol. The molecule has 0 aliphatic carbocycles. The first kappa shape index (κ1) is 16.2. The van der Waals surface area contributed by atoms with Gasteiger partial charge in [-0.2, -0.15) is 0 Å². The first-order valence-electron chi connectivity index (χ1n) is 5.70. The van der Waals surface area contributed by atoms with E-state index in [1.807, 2.05) is 0 Å². The van der Waals surface area contributed by atoms with Crippen molar-refractivity contribution in [2.24, 2.45) is 0 Å². The predicted octanol–water partition coefficient (Wildman–Crippen LogP) is 1.83. The summed E-state index contributed by atoms with van der Waals surface area (Å²) in [5.74, 6) is -0.629. The van der Waals surface area contributed by atoms with Gasteiger partial charge in [-0.15, -0.1) is 0 Å². The van der Waals surface area contributed by atoms with Crippen molar-refractivity contribution in [3.05, 3.63) is 42.5 Å². The Labute approximate surface area is 117 Å². The van der Waals surface area contributed by atoms with Gasteiger partial charge in [0.25, 0.3) is 11.4 Å². The van der Waals surface area contributed by atoms with Gasteiger partial charge in [0.05, 0.1) is 33.5 Å². The number of non-ortho nitro benzene ring substituents is 1. The monoisotopic (exact) mass is 301 g/mol. The van der Waals surface area contributed by atoms with E-state index in [0.29, 0.717) is 18.7 Å². The lowest BCUT2D eigenvalue weighted by atomic mass is 10.2. The van der Waals surface area contributed by atoms with Crippen molar-refractivity contribution >= 4 is 17.1 Å². The highest BCUT2D eigenvalue weighted by Gasteiger charge is 2.32. The first-order chi connectivity index (χ1) is 9.88. The largest absolute Gasteiger partial charge is 0.480 e. The van der Waals surface area contributed by atoms with E-state index in [4.69, 9.17) is 9.47 Å². The van der Waals surface area contributed by atoms with Gasteiger partial charge < -0.3 is 9.47 Å². The molecule has 0 saturated carbocycles. The lowest BCUT2D eigenvalue weighted by molar-refractivity contribution is -0.404. The van der Waals surface area contributed by atoms with E-state index in [-0.39, 0.29) is 13.2 Å². The van der Waals surface area contributed by atoms with Gasteiger partial charge in [-0.05, 0) is 6.92 Å². The molecular formula is C10H11N3O8. The molecule has 0 atom stereocenters. The molecule has 0 bridgehead atoms. The quantitative estimate of drug-likeness (QED) is 0.401. The number of nitro benzene ring substituents is 3. The van der Waals surface area contributed by atoms with Gasteiger partial charge in [0.2, 0.25) is 0 Å². The molecule has 0 aliphatic heterocycles. The third-order valence-electron chi connectivity index (χ3n) is 2.32. The van der Waals surface area contributed by atoms with Gasteiger partial charge >= 0.3 is 11.4 Å². The minimum absolute atomic E-state index is 0.0712. The standard InChI is InChI=1S/C10H11N3O8/c1-2-20-3-4-21-10-8(12(16)17)5-7(11(14)15)6-9(10)13(18)19/h5-6H,2-4H2,1H3. The van der Waals surface area contributed by atoms with E-state index in [1.54, 1.807) is 6.92 Å². The number of hydrogen-bond acceptors (Lipinski definition) is 8. The smallest absolute Gasteiger partial charge is 0.325 e. The van der Waals surface area contributed by atoms with Crippen molar-refractivity contribution < 1.29 is 24.2 Å². The third-order valence-corrected chi connectivity index (χ3v) is 2.32. The fourth-order valence-corrected chi connectivity index (χ4v) is 1.46. The maximum Gasteiger partial charge on any atom is 0.325 e. The van der Waals surface area contributed by atoms with Crippen LogP contribution in [-0.2, 0) is 4.74 Å². The zero-order chi connectivity index (χ0) is 16.0. The second-order valence-corrected chi connectivity index (χ2v) is 3.63. The Morgan fingerprint density at radius 1 is 0.952 bits per heavy atom. The van der Waals surface area contributed by atoms with Gasteiger partial charge in [-0.3, -0.25) is 30.3 Å². The van der Waals surface area contributed by atoms with E-state index in [2.05, 4.69) is 0 Å². The molecule has 0 aromatic heterocycles. The minimum atomic E-state index is -0.976. The van der Waals surface area contributed by atoms with Crippen LogP contribution in [0.5, 0.6) is 5.75 Å². The molecule has 114 valence electrons. The van der Waals surface area contributed by atoms with Crippen LogP contribution in [0.3, 0.4) is 0 Å². The molecule has 0 unspecified atom stereocenters. The summed E-state index contributed by atoms with van der Waals surface area (Å²) in [4.78, 5) is 29.6. The highest BCUT2D eigenvalue weighted by molar-refractivity contribution is 5.65. The summed E-state index contributed by atoms with van der Waals surface area (Å²) >= 11 is 0.